The van der Waals surface area contributed by atoms with Crippen molar-refractivity contribution in [3.63, 3.8) is 0 Å². The molecule has 3 atom stereocenters. The number of hydrogen-bond acceptors (Lipinski definition) is 4. The molecule has 0 spiro atoms. The van der Waals surface area contributed by atoms with Gasteiger partial charge in [0.15, 0.2) is 0 Å². The summed E-state index contributed by atoms with van der Waals surface area (Å²) < 4.78 is 84.5. The fourth-order valence-electron chi connectivity index (χ4n) is 4.40. The van der Waals surface area contributed by atoms with Gasteiger partial charge in [0.1, 0.15) is 0 Å². The van der Waals surface area contributed by atoms with E-state index in [1.54, 1.807) is 6.92 Å². The molecule has 1 aromatic rings. The van der Waals surface area contributed by atoms with Crippen LogP contribution in [0.5, 0.6) is 0 Å². The molecule has 0 aliphatic carbocycles. The van der Waals surface area contributed by atoms with Gasteiger partial charge in [0, 0.05) is 31.1 Å². The number of amides is 2. The molecular weight excluding hydrogens is 498 g/mol. The van der Waals surface area contributed by atoms with E-state index in [9.17, 15) is 45.8 Å². The van der Waals surface area contributed by atoms with Crippen molar-refractivity contribution in [3.8, 4) is 12.3 Å². The highest BCUT2D eigenvalue weighted by Crippen LogP contribution is 2.37. The van der Waals surface area contributed by atoms with E-state index in [4.69, 9.17) is 11.2 Å². The van der Waals surface area contributed by atoms with Gasteiger partial charge in [-0.15, -0.1) is 6.42 Å². The third-order valence-corrected chi connectivity index (χ3v) is 6.00. The molecule has 0 bridgehead atoms. The first-order chi connectivity index (χ1) is 16.6. The van der Waals surface area contributed by atoms with Crippen molar-refractivity contribution in [2.24, 2.45) is 0 Å². The number of hydrogen-bond donors (Lipinski definition) is 1. The average Bonchev–Trinajstić information content (AvgIpc) is 2.79. The average molecular weight is 522 g/mol. The number of halogens is 6. The zero-order valence-corrected chi connectivity index (χ0v) is 19.3. The van der Waals surface area contributed by atoms with E-state index in [2.05, 4.69) is 0 Å². The van der Waals surface area contributed by atoms with Crippen molar-refractivity contribution in [1.29, 1.82) is 0 Å². The van der Waals surface area contributed by atoms with Gasteiger partial charge >= 0.3 is 24.5 Å². The van der Waals surface area contributed by atoms with Crippen LogP contribution in [0.4, 0.5) is 35.9 Å². The number of alkyl halides is 6. The van der Waals surface area contributed by atoms with Gasteiger partial charge in [-0.2, -0.15) is 26.3 Å². The van der Waals surface area contributed by atoms with Crippen LogP contribution < -0.4 is 0 Å². The molecule has 2 amide bonds. The minimum atomic E-state index is -5.08. The SMILES string of the molecule is C#CC(=O)CC1CC(N(Cc2cc(C(F)(F)F)cc(C(F)(F)F)c2)C(=O)OC)CC(CC)N1C(=O)O. The zero-order valence-electron chi connectivity index (χ0n) is 19.3. The number of carbonyl (C=O) groups excluding carboxylic acids is 2. The van der Waals surface area contributed by atoms with Gasteiger partial charge in [0.2, 0.25) is 5.78 Å². The van der Waals surface area contributed by atoms with Crippen LogP contribution in [-0.2, 0) is 28.4 Å². The van der Waals surface area contributed by atoms with E-state index in [0.29, 0.717) is 12.1 Å². The Morgan fingerprint density at radius 3 is 2.03 bits per heavy atom. The normalized spacial score (nSPS) is 20.4. The van der Waals surface area contributed by atoms with Crippen LogP contribution in [0.15, 0.2) is 18.2 Å². The lowest BCUT2D eigenvalue weighted by atomic mass is 9.86. The van der Waals surface area contributed by atoms with Gasteiger partial charge in [-0.3, -0.25) is 4.79 Å². The lowest BCUT2D eigenvalue weighted by Gasteiger charge is -2.46. The summed E-state index contributed by atoms with van der Waals surface area (Å²) in [5, 5.41) is 9.67. The number of piperidine rings is 1. The molecule has 3 unspecified atom stereocenters. The summed E-state index contributed by atoms with van der Waals surface area (Å²) in [6.45, 7) is 0.984. The summed E-state index contributed by atoms with van der Waals surface area (Å²) in [6, 6.07) is -1.53. The fraction of sp³-hybridized carbons (Fsp3) is 0.522. The molecule has 0 aromatic heterocycles. The molecule has 2 rings (SSSR count). The second-order valence-corrected chi connectivity index (χ2v) is 8.31. The molecule has 0 radical (unpaired) electrons. The number of benzene rings is 1. The van der Waals surface area contributed by atoms with Crippen molar-refractivity contribution < 1.29 is 50.6 Å². The third-order valence-electron chi connectivity index (χ3n) is 6.00. The lowest BCUT2D eigenvalue weighted by molar-refractivity contribution is -0.143. The smallest absolute Gasteiger partial charge is 0.416 e. The Bertz CT molecular complexity index is 1000. The lowest BCUT2D eigenvalue weighted by Crippen LogP contribution is -2.57. The van der Waals surface area contributed by atoms with Crippen LogP contribution in [0.25, 0.3) is 0 Å². The van der Waals surface area contributed by atoms with E-state index in [-0.39, 0.29) is 31.7 Å². The molecule has 1 aliphatic rings. The van der Waals surface area contributed by atoms with Crippen molar-refractivity contribution >= 4 is 18.0 Å². The first kappa shape index (κ1) is 28.8. The monoisotopic (exact) mass is 522 g/mol. The van der Waals surface area contributed by atoms with E-state index >= 15 is 0 Å². The maximum Gasteiger partial charge on any atom is 0.416 e. The van der Waals surface area contributed by atoms with Crippen LogP contribution in [0.3, 0.4) is 0 Å². The quantitative estimate of drug-likeness (QED) is 0.316. The summed E-state index contributed by atoms with van der Waals surface area (Å²) in [7, 11) is 0.992. The predicted molar refractivity (Wildman–Crippen MR) is 114 cm³/mol. The Hall–Kier alpha value is -3.43. The van der Waals surface area contributed by atoms with Crippen LogP contribution >= 0.6 is 0 Å². The number of ketones is 1. The highest BCUT2D eigenvalue weighted by atomic mass is 19.4. The second-order valence-electron chi connectivity index (χ2n) is 8.31. The number of terminal acetylenes is 1. The van der Waals surface area contributed by atoms with Crippen LogP contribution in [0.1, 0.15) is 49.3 Å². The van der Waals surface area contributed by atoms with Crippen molar-refractivity contribution in [3.05, 3.63) is 34.9 Å². The zero-order chi connectivity index (χ0) is 27.4. The molecule has 1 aromatic carbocycles. The number of likely N-dealkylation sites (tertiary alicyclic amines) is 1. The van der Waals surface area contributed by atoms with E-state index < -0.39 is 71.7 Å². The molecule has 7 nitrogen and oxygen atoms in total. The van der Waals surface area contributed by atoms with Crippen LogP contribution in [-0.4, -0.2) is 58.1 Å². The second kappa shape index (κ2) is 11.1. The van der Waals surface area contributed by atoms with E-state index in [1.165, 1.54) is 0 Å². The molecule has 36 heavy (non-hydrogen) atoms. The van der Waals surface area contributed by atoms with E-state index in [0.717, 1.165) is 16.9 Å². The molecule has 1 N–H and O–H groups in total. The highest BCUT2D eigenvalue weighted by Gasteiger charge is 2.42. The number of Topliss-reactive ketones (excluding diaryl/α,β-unsaturated/α-hetero) is 1. The first-order valence-corrected chi connectivity index (χ1v) is 10.8. The van der Waals surface area contributed by atoms with Gasteiger partial charge in [-0.05, 0) is 48.9 Å². The standard InChI is InChI=1S/C23H24F6N2O5/c1-4-16-9-17(10-18(11-19(32)5-2)31(16)20(33)34)30(21(35)36-3)12-13-6-14(22(24,25)26)8-15(7-13)23(27,28)29/h2,6-8,16-18H,4,9-12H2,1,3H3,(H,33,34). The van der Waals surface area contributed by atoms with Gasteiger partial charge in [0.05, 0.1) is 18.2 Å². The minimum absolute atomic E-state index is 0.0176. The van der Waals surface area contributed by atoms with Gasteiger partial charge in [-0.1, -0.05) is 6.92 Å². The van der Waals surface area contributed by atoms with Crippen molar-refractivity contribution in [1.82, 2.24) is 9.80 Å². The number of carbonyl (C=O) groups is 3. The molecule has 1 aliphatic heterocycles. The number of ether oxygens (including phenoxy) is 1. The van der Waals surface area contributed by atoms with Gasteiger partial charge < -0.3 is 19.6 Å². The Morgan fingerprint density at radius 2 is 1.61 bits per heavy atom. The summed E-state index contributed by atoms with van der Waals surface area (Å²) in [4.78, 5) is 38.4. The summed E-state index contributed by atoms with van der Waals surface area (Å²) >= 11 is 0. The Balaban J connectivity index is 2.51. The molecule has 1 heterocycles. The predicted octanol–water partition coefficient (Wildman–Crippen LogP) is 5.17. The van der Waals surface area contributed by atoms with Crippen LogP contribution in [0.2, 0.25) is 0 Å². The Labute approximate surface area is 203 Å². The summed E-state index contributed by atoms with van der Waals surface area (Å²) in [5.41, 5.74) is -3.53. The minimum Gasteiger partial charge on any atom is -0.465 e. The summed E-state index contributed by atoms with van der Waals surface area (Å²) in [6.07, 6.45) is -7.62. The highest BCUT2D eigenvalue weighted by molar-refractivity contribution is 5.95. The first-order valence-electron chi connectivity index (χ1n) is 10.8. The van der Waals surface area contributed by atoms with E-state index in [1.807, 2.05) is 5.92 Å². The molecule has 0 saturated carbocycles. The molecule has 1 saturated heterocycles. The van der Waals surface area contributed by atoms with Gasteiger partial charge in [0.25, 0.3) is 0 Å². The number of nitrogens with zero attached hydrogens (tertiary/aromatic N) is 2. The molecule has 1 fully saturated rings. The summed E-state index contributed by atoms with van der Waals surface area (Å²) in [5.74, 6) is 1.19. The number of rotatable bonds is 6. The van der Waals surface area contributed by atoms with Crippen LogP contribution in [0, 0.1) is 12.3 Å². The van der Waals surface area contributed by atoms with Crippen molar-refractivity contribution in [2.45, 2.75) is 69.6 Å². The molecule has 198 valence electrons. The maximum atomic E-state index is 13.3. The largest absolute Gasteiger partial charge is 0.465 e. The molecular formula is C23H24F6N2O5. The third kappa shape index (κ3) is 6.83. The fourth-order valence-corrected chi connectivity index (χ4v) is 4.40. The molecule has 13 heteroatoms. The van der Waals surface area contributed by atoms with Crippen molar-refractivity contribution in [2.75, 3.05) is 7.11 Å². The number of methoxy groups -OCH3 is 1. The maximum absolute atomic E-state index is 13.3. The number of carboxylic acid groups (broad SMARTS) is 1. The Kier molecular flexibility index (Phi) is 8.88. The topological polar surface area (TPSA) is 87.2 Å². The Morgan fingerprint density at radius 1 is 1.08 bits per heavy atom. The van der Waals surface area contributed by atoms with Gasteiger partial charge in [-0.25, -0.2) is 9.59 Å².